The van der Waals surface area contributed by atoms with Gasteiger partial charge < -0.3 is 15.0 Å². The summed E-state index contributed by atoms with van der Waals surface area (Å²) >= 11 is 0. The molecule has 0 unspecified atom stereocenters. The number of hydrogen-bond acceptors (Lipinski definition) is 3. The van der Waals surface area contributed by atoms with E-state index in [0.29, 0.717) is 0 Å². The third-order valence-electron chi connectivity index (χ3n) is 3.87. The van der Waals surface area contributed by atoms with Gasteiger partial charge in [-0.25, -0.2) is 0 Å². The Morgan fingerprint density at radius 2 is 1.95 bits per heavy atom. The van der Waals surface area contributed by atoms with Gasteiger partial charge in [-0.15, -0.1) is 0 Å². The van der Waals surface area contributed by atoms with Gasteiger partial charge in [-0.2, -0.15) is 0 Å². The van der Waals surface area contributed by atoms with Gasteiger partial charge in [0.05, 0.1) is 11.8 Å². The molecule has 1 aliphatic heterocycles. The van der Waals surface area contributed by atoms with Gasteiger partial charge in [-0.05, 0) is 57.8 Å². The molecule has 3 nitrogen and oxygen atoms in total. The van der Waals surface area contributed by atoms with Gasteiger partial charge in [-0.3, -0.25) is 0 Å². The zero-order chi connectivity index (χ0) is 14.4. The van der Waals surface area contributed by atoms with Gasteiger partial charge >= 0.3 is 0 Å². The number of benzene rings is 1. The fraction of sp³-hybridized carbons (Fsp3) is 0.647. The quantitative estimate of drug-likeness (QED) is 0.859. The van der Waals surface area contributed by atoms with Crippen LogP contribution in [0.25, 0.3) is 0 Å². The fourth-order valence-electron chi connectivity index (χ4n) is 2.60. The van der Waals surface area contributed by atoms with Crippen molar-refractivity contribution < 1.29 is 4.74 Å². The Balaban J connectivity index is 1.79. The highest BCUT2D eigenvalue weighted by Crippen LogP contribution is 2.24. The predicted molar refractivity (Wildman–Crippen MR) is 85.5 cm³/mol. The van der Waals surface area contributed by atoms with Crippen LogP contribution in [0.3, 0.4) is 0 Å². The minimum atomic E-state index is 0.210. The lowest BCUT2D eigenvalue weighted by Gasteiger charge is -2.30. The number of anilines is 1. The van der Waals surface area contributed by atoms with E-state index in [1.54, 1.807) is 0 Å². The van der Waals surface area contributed by atoms with Crippen molar-refractivity contribution >= 4 is 5.69 Å². The SMILES string of the molecule is CC1CCN(CCNc2ccccc2OC(C)C)CC1. The molecule has 1 aromatic rings. The average molecular weight is 276 g/mol. The molecule has 0 spiro atoms. The van der Waals surface area contributed by atoms with Crippen LogP contribution in [-0.2, 0) is 0 Å². The van der Waals surface area contributed by atoms with E-state index in [1.807, 2.05) is 12.1 Å². The summed E-state index contributed by atoms with van der Waals surface area (Å²) in [7, 11) is 0. The summed E-state index contributed by atoms with van der Waals surface area (Å²) in [5.41, 5.74) is 1.10. The summed E-state index contributed by atoms with van der Waals surface area (Å²) in [4.78, 5) is 2.55. The van der Waals surface area contributed by atoms with Crippen LogP contribution in [0.5, 0.6) is 5.75 Å². The molecule has 1 fully saturated rings. The summed E-state index contributed by atoms with van der Waals surface area (Å²) in [5.74, 6) is 1.86. The van der Waals surface area contributed by atoms with Crippen LogP contribution in [0, 0.1) is 5.92 Å². The van der Waals surface area contributed by atoms with Crippen LogP contribution in [0.2, 0.25) is 0 Å². The van der Waals surface area contributed by atoms with Crippen LogP contribution < -0.4 is 10.1 Å². The Labute approximate surface area is 123 Å². The summed E-state index contributed by atoms with van der Waals surface area (Å²) in [5, 5.41) is 3.51. The van der Waals surface area contributed by atoms with Gasteiger partial charge in [0.15, 0.2) is 0 Å². The van der Waals surface area contributed by atoms with Crippen LogP contribution in [0.15, 0.2) is 24.3 Å². The number of hydrogen-bond donors (Lipinski definition) is 1. The first kappa shape index (κ1) is 15.2. The molecule has 0 radical (unpaired) electrons. The van der Waals surface area contributed by atoms with E-state index in [2.05, 4.69) is 43.1 Å². The third-order valence-corrected chi connectivity index (χ3v) is 3.87. The minimum absolute atomic E-state index is 0.210. The Kier molecular flexibility index (Phi) is 5.72. The highest BCUT2D eigenvalue weighted by Gasteiger charge is 2.15. The molecule has 0 bridgehead atoms. The van der Waals surface area contributed by atoms with Gasteiger partial charge in [0.25, 0.3) is 0 Å². The van der Waals surface area contributed by atoms with Crippen molar-refractivity contribution in [2.75, 3.05) is 31.5 Å². The lowest BCUT2D eigenvalue weighted by molar-refractivity contribution is 0.198. The molecule has 1 N–H and O–H groups in total. The second-order valence-electron chi connectivity index (χ2n) is 6.11. The average Bonchev–Trinajstić information content (AvgIpc) is 2.42. The zero-order valence-electron chi connectivity index (χ0n) is 13.1. The van der Waals surface area contributed by atoms with Crippen LogP contribution >= 0.6 is 0 Å². The second-order valence-corrected chi connectivity index (χ2v) is 6.11. The van der Waals surface area contributed by atoms with Crippen molar-refractivity contribution in [3.8, 4) is 5.75 Å². The van der Waals surface area contributed by atoms with Crippen LogP contribution in [0.4, 0.5) is 5.69 Å². The van der Waals surface area contributed by atoms with Crippen molar-refractivity contribution in [2.24, 2.45) is 5.92 Å². The molecule has 0 aromatic heterocycles. The number of nitrogens with zero attached hydrogens (tertiary/aromatic N) is 1. The summed E-state index contributed by atoms with van der Waals surface area (Å²) in [6.07, 6.45) is 2.89. The molecule has 1 heterocycles. The first-order chi connectivity index (χ1) is 9.65. The van der Waals surface area contributed by atoms with Gasteiger partial charge in [0.2, 0.25) is 0 Å². The molecule has 1 aliphatic rings. The van der Waals surface area contributed by atoms with Crippen molar-refractivity contribution in [1.29, 1.82) is 0 Å². The van der Waals surface area contributed by atoms with Crippen molar-refractivity contribution in [2.45, 2.75) is 39.7 Å². The molecule has 0 amide bonds. The van der Waals surface area contributed by atoms with Crippen molar-refractivity contribution in [1.82, 2.24) is 4.90 Å². The number of ether oxygens (including phenoxy) is 1. The number of nitrogens with one attached hydrogen (secondary N) is 1. The van der Waals surface area contributed by atoms with E-state index in [0.717, 1.165) is 30.4 Å². The molecular weight excluding hydrogens is 248 g/mol. The fourth-order valence-corrected chi connectivity index (χ4v) is 2.60. The Bertz CT molecular complexity index is 398. The molecule has 3 heteroatoms. The second kappa shape index (κ2) is 7.53. The molecule has 112 valence electrons. The highest BCUT2D eigenvalue weighted by atomic mass is 16.5. The maximum absolute atomic E-state index is 5.83. The number of likely N-dealkylation sites (tertiary alicyclic amines) is 1. The van der Waals surface area contributed by atoms with Crippen molar-refractivity contribution in [3.05, 3.63) is 24.3 Å². The lowest BCUT2D eigenvalue weighted by atomic mass is 9.99. The maximum atomic E-state index is 5.83. The van der Waals surface area contributed by atoms with E-state index in [4.69, 9.17) is 4.74 Å². The molecule has 2 rings (SSSR count). The standard InChI is InChI=1S/C17H28N2O/c1-14(2)20-17-7-5-4-6-16(17)18-10-13-19-11-8-15(3)9-12-19/h4-7,14-15,18H,8-13H2,1-3H3. The Morgan fingerprint density at radius 1 is 1.25 bits per heavy atom. The Hall–Kier alpha value is -1.22. The van der Waals surface area contributed by atoms with Crippen LogP contribution in [0.1, 0.15) is 33.6 Å². The molecule has 0 aliphatic carbocycles. The zero-order valence-corrected chi connectivity index (χ0v) is 13.1. The van der Waals surface area contributed by atoms with Gasteiger partial charge in [-0.1, -0.05) is 19.1 Å². The first-order valence-electron chi connectivity index (χ1n) is 7.87. The van der Waals surface area contributed by atoms with E-state index in [9.17, 15) is 0 Å². The predicted octanol–water partition coefficient (Wildman–Crippen LogP) is 3.62. The molecule has 1 aromatic carbocycles. The number of piperidine rings is 1. The third kappa shape index (κ3) is 4.71. The van der Waals surface area contributed by atoms with Crippen LogP contribution in [-0.4, -0.2) is 37.2 Å². The maximum Gasteiger partial charge on any atom is 0.142 e. The molecule has 0 saturated carbocycles. The lowest BCUT2D eigenvalue weighted by Crippen LogP contribution is -2.36. The first-order valence-corrected chi connectivity index (χ1v) is 7.87. The molecular formula is C17H28N2O. The molecule has 1 saturated heterocycles. The topological polar surface area (TPSA) is 24.5 Å². The largest absolute Gasteiger partial charge is 0.489 e. The smallest absolute Gasteiger partial charge is 0.142 e. The van der Waals surface area contributed by atoms with E-state index >= 15 is 0 Å². The summed E-state index contributed by atoms with van der Waals surface area (Å²) in [6.45, 7) is 11.1. The summed E-state index contributed by atoms with van der Waals surface area (Å²) in [6, 6.07) is 8.20. The van der Waals surface area contributed by atoms with E-state index in [-0.39, 0.29) is 6.10 Å². The number of rotatable bonds is 6. The van der Waals surface area contributed by atoms with Crippen molar-refractivity contribution in [3.63, 3.8) is 0 Å². The Morgan fingerprint density at radius 3 is 2.65 bits per heavy atom. The van der Waals surface area contributed by atoms with Gasteiger partial charge in [0, 0.05) is 13.1 Å². The normalized spacial score (nSPS) is 17.4. The monoisotopic (exact) mass is 276 g/mol. The van der Waals surface area contributed by atoms with E-state index in [1.165, 1.54) is 25.9 Å². The highest BCUT2D eigenvalue weighted by molar-refractivity contribution is 5.56. The molecule has 0 atom stereocenters. The van der Waals surface area contributed by atoms with E-state index < -0.39 is 0 Å². The summed E-state index contributed by atoms with van der Waals surface area (Å²) < 4.78 is 5.83. The molecule has 20 heavy (non-hydrogen) atoms. The minimum Gasteiger partial charge on any atom is -0.489 e. The number of para-hydroxylation sites is 2. The van der Waals surface area contributed by atoms with Gasteiger partial charge in [0.1, 0.15) is 5.75 Å².